The second kappa shape index (κ2) is 17.8. The zero-order valence-electron chi connectivity index (χ0n) is 26.7. The predicted octanol–water partition coefficient (Wildman–Crippen LogP) is 7.81. The van der Waals surface area contributed by atoms with E-state index in [0.29, 0.717) is 33.8 Å². The first-order valence-electron chi connectivity index (χ1n) is 15.2. The van der Waals surface area contributed by atoms with E-state index in [1.165, 1.54) is 11.0 Å². The van der Waals surface area contributed by atoms with Gasteiger partial charge in [0, 0.05) is 5.70 Å². The monoisotopic (exact) mass is 725 g/mol. The molecule has 0 aromatic heterocycles. The van der Waals surface area contributed by atoms with Crippen molar-refractivity contribution in [3.05, 3.63) is 149 Å². The predicted molar refractivity (Wildman–Crippen MR) is 197 cm³/mol. The van der Waals surface area contributed by atoms with Crippen LogP contribution in [0.25, 0.3) is 6.08 Å². The van der Waals surface area contributed by atoms with E-state index < -0.39 is 17.9 Å². The van der Waals surface area contributed by atoms with Crippen molar-refractivity contribution < 1.29 is 23.9 Å². The number of amides is 3. The Labute approximate surface area is 293 Å². The van der Waals surface area contributed by atoms with Crippen LogP contribution >= 0.6 is 27.7 Å². The molecule has 0 aliphatic carbocycles. The van der Waals surface area contributed by atoms with Crippen molar-refractivity contribution in [2.24, 2.45) is 4.99 Å². The van der Waals surface area contributed by atoms with Gasteiger partial charge in [-0.15, -0.1) is 0 Å². The number of hydrogen-bond acceptors (Lipinski definition) is 6. The molecule has 0 saturated heterocycles. The number of hydrogen-bond donors (Lipinski definition) is 1. The van der Waals surface area contributed by atoms with E-state index in [0.717, 1.165) is 22.9 Å². The maximum atomic E-state index is 14.1. The zero-order valence-corrected chi connectivity index (χ0v) is 29.1. The van der Waals surface area contributed by atoms with Gasteiger partial charge in [0.25, 0.3) is 11.8 Å². The molecule has 0 fully saturated rings. The lowest BCUT2D eigenvalue weighted by Gasteiger charge is -2.28. The maximum Gasteiger partial charge on any atom is 0.285 e. The Kier molecular flexibility index (Phi) is 13.3. The number of carbonyl (C=O) groups excluding carboxylic acids is 3. The summed E-state index contributed by atoms with van der Waals surface area (Å²) in [6.45, 7) is 11.7. The zero-order chi connectivity index (χ0) is 34.5. The molecule has 0 spiro atoms. The second-order valence-electron chi connectivity index (χ2n) is 10.2. The molecule has 246 valence electrons. The van der Waals surface area contributed by atoms with E-state index in [1.807, 2.05) is 67.6 Å². The Bertz CT molecular complexity index is 1740. The van der Waals surface area contributed by atoms with Crippen molar-refractivity contribution in [2.45, 2.75) is 19.9 Å². The molecule has 0 saturated carbocycles. The fourth-order valence-electron chi connectivity index (χ4n) is 4.78. The summed E-state index contributed by atoms with van der Waals surface area (Å²) in [7, 11) is 0. The molecule has 3 amide bonds. The summed E-state index contributed by atoms with van der Waals surface area (Å²) < 4.78 is 12.1. The summed E-state index contributed by atoms with van der Waals surface area (Å²) in [5, 5.41) is 3.18. The Hall–Kier alpha value is -4.93. The van der Waals surface area contributed by atoms with Gasteiger partial charge in [-0.05, 0) is 70.8 Å². The summed E-state index contributed by atoms with van der Waals surface area (Å²) in [5.74, 6) is -0.792. The molecule has 1 heterocycles. The fourth-order valence-corrected chi connectivity index (χ4v) is 6.16. The molecular formula is C38H36BrN3O5S. The van der Waals surface area contributed by atoms with Crippen LogP contribution in [0, 0.1) is 0 Å². The van der Waals surface area contributed by atoms with Crippen LogP contribution in [0.3, 0.4) is 0 Å². The highest BCUT2D eigenvalue weighted by molar-refractivity contribution is 9.10. The fraction of sp³-hybridized carbons (Fsp3) is 0.158. The number of halogens is 1. The molecule has 0 unspecified atom stereocenters. The van der Waals surface area contributed by atoms with Gasteiger partial charge in [-0.3, -0.25) is 19.3 Å². The Morgan fingerprint density at radius 2 is 1.71 bits per heavy atom. The van der Waals surface area contributed by atoms with Gasteiger partial charge in [-0.25, -0.2) is 0 Å². The lowest BCUT2D eigenvalue weighted by Crippen LogP contribution is -2.42. The molecule has 0 atom stereocenters. The molecular weight excluding hydrogens is 690 g/mol. The molecule has 10 heteroatoms. The molecule has 1 aliphatic rings. The largest absolute Gasteiger partial charge is 0.490 e. The Balaban J connectivity index is 1.65. The van der Waals surface area contributed by atoms with Gasteiger partial charge in [0.1, 0.15) is 12.2 Å². The molecule has 1 aliphatic heterocycles. The minimum Gasteiger partial charge on any atom is -0.490 e. The highest BCUT2D eigenvalue weighted by atomic mass is 79.9. The number of ether oxygens (including phenoxy) is 2. The van der Waals surface area contributed by atoms with E-state index in [1.54, 1.807) is 49.4 Å². The van der Waals surface area contributed by atoms with Crippen LogP contribution < -0.4 is 14.8 Å². The number of aliphatic imine (C=N–C) groups is 1. The van der Waals surface area contributed by atoms with Gasteiger partial charge in [0.2, 0.25) is 5.91 Å². The minimum atomic E-state index is -0.727. The topological polar surface area (TPSA) is 97.3 Å². The van der Waals surface area contributed by atoms with Gasteiger partial charge in [0.05, 0.1) is 22.9 Å². The van der Waals surface area contributed by atoms with Crippen molar-refractivity contribution in [3.8, 4) is 11.5 Å². The first-order valence-corrected chi connectivity index (χ1v) is 17.0. The highest BCUT2D eigenvalue weighted by Gasteiger charge is 2.35. The summed E-state index contributed by atoms with van der Waals surface area (Å²) in [5.41, 5.74) is 2.67. The SMILES string of the molecule is C=C/C=C\C(=C/C)N1C(=O)/C(=C/c2cc(Br)c(OCC=C)c(OCC)c2)C(=O)N=C1SCC(=O)NC(c1ccccc1)c1ccccc1. The number of carbonyl (C=O) groups is 3. The van der Waals surface area contributed by atoms with Crippen molar-refractivity contribution in [2.75, 3.05) is 19.0 Å². The van der Waals surface area contributed by atoms with Crippen LogP contribution in [-0.2, 0) is 14.4 Å². The molecule has 3 aromatic rings. The first-order chi connectivity index (χ1) is 23.3. The minimum absolute atomic E-state index is 0.0828. The van der Waals surface area contributed by atoms with E-state index >= 15 is 0 Å². The summed E-state index contributed by atoms with van der Waals surface area (Å²) in [6, 6.07) is 22.3. The molecule has 3 aromatic carbocycles. The third-order valence-electron chi connectivity index (χ3n) is 6.90. The number of rotatable bonds is 14. The van der Waals surface area contributed by atoms with Crippen molar-refractivity contribution in [1.82, 2.24) is 10.2 Å². The molecule has 48 heavy (non-hydrogen) atoms. The number of thioether (sulfide) groups is 1. The van der Waals surface area contributed by atoms with Gasteiger partial charge in [-0.1, -0.05) is 110 Å². The lowest BCUT2D eigenvalue weighted by atomic mass is 9.99. The first kappa shape index (κ1) is 35.9. The van der Waals surface area contributed by atoms with Crippen LogP contribution in [0.5, 0.6) is 11.5 Å². The smallest absolute Gasteiger partial charge is 0.285 e. The molecule has 0 bridgehead atoms. The highest BCUT2D eigenvalue weighted by Crippen LogP contribution is 2.38. The molecule has 0 radical (unpaired) electrons. The van der Waals surface area contributed by atoms with Crippen molar-refractivity contribution in [1.29, 1.82) is 0 Å². The number of nitrogens with one attached hydrogen (secondary N) is 1. The van der Waals surface area contributed by atoms with E-state index in [2.05, 4.69) is 39.4 Å². The van der Waals surface area contributed by atoms with Crippen molar-refractivity contribution >= 4 is 56.7 Å². The van der Waals surface area contributed by atoms with E-state index in [-0.39, 0.29) is 29.0 Å². The van der Waals surface area contributed by atoms with Crippen molar-refractivity contribution in [3.63, 3.8) is 0 Å². The Morgan fingerprint density at radius 1 is 1.04 bits per heavy atom. The molecule has 1 N–H and O–H groups in total. The van der Waals surface area contributed by atoms with Crippen LogP contribution in [0.15, 0.2) is 137 Å². The summed E-state index contributed by atoms with van der Waals surface area (Å²) >= 11 is 4.52. The molecule has 4 rings (SSSR count). The van der Waals surface area contributed by atoms with Crippen LogP contribution in [0.1, 0.15) is 36.6 Å². The number of allylic oxidation sites excluding steroid dienone is 4. The normalized spacial score (nSPS) is 14.3. The molecule has 8 nitrogen and oxygen atoms in total. The maximum absolute atomic E-state index is 14.1. The van der Waals surface area contributed by atoms with Crippen LogP contribution in [0.4, 0.5) is 0 Å². The lowest BCUT2D eigenvalue weighted by molar-refractivity contribution is -0.126. The van der Waals surface area contributed by atoms with E-state index in [4.69, 9.17) is 9.47 Å². The van der Waals surface area contributed by atoms with Gasteiger partial charge >= 0.3 is 0 Å². The number of amidine groups is 1. The number of benzene rings is 3. The average Bonchev–Trinajstić information content (AvgIpc) is 3.09. The number of nitrogens with zero attached hydrogens (tertiary/aromatic N) is 2. The standard InChI is InChI=1S/C38H36BrN3O5S/c1-5-9-20-29(7-3)42-37(45)30(22-26-23-31(39)35(47-21-6-2)32(24-26)46-8-4)36(44)41-38(42)48-25-33(43)40-34(27-16-12-10-13-17-27)28-18-14-11-15-19-28/h5-7,9-20,22-24,34H,1-2,8,21,25H2,3-4H3,(H,40,43)/b20-9-,29-7+,30-22+. The third kappa shape index (κ3) is 9.11. The quantitative estimate of drug-likeness (QED) is 0.0789. The van der Waals surface area contributed by atoms with Crippen LogP contribution in [-0.4, -0.2) is 46.8 Å². The van der Waals surface area contributed by atoms with Gasteiger partial charge in [-0.2, -0.15) is 4.99 Å². The van der Waals surface area contributed by atoms with Crippen LogP contribution in [0.2, 0.25) is 0 Å². The summed E-state index contributed by atoms with van der Waals surface area (Å²) in [6.07, 6.45) is 9.74. The third-order valence-corrected chi connectivity index (χ3v) is 8.43. The van der Waals surface area contributed by atoms with E-state index in [9.17, 15) is 14.4 Å². The average molecular weight is 727 g/mol. The van der Waals surface area contributed by atoms with Gasteiger partial charge < -0.3 is 14.8 Å². The second-order valence-corrected chi connectivity index (χ2v) is 12.0. The summed E-state index contributed by atoms with van der Waals surface area (Å²) in [4.78, 5) is 46.5. The Morgan fingerprint density at radius 3 is 2.29 bits per heavy atom. The van der Waals surface area contributed by atoms with Gasteiger partial charge in [0.15, 0.2) is 16.7 Å².